The van der Waals surface area contributed by atoms with Crippen LogP contribution in [-0.4, -0.2) is 5.11 Å². The highest BCUT2D eigenvalue weighted by Gasteiger charge is 2.11. The van der Waals surface area contributed by atoms with E-state index in [9.17, 15) is 5.11 Å². The maximum absolute atomic E-state index is 9.82. The summed E-state index contributed by atoms with van der Waals surface area (Å²) in [6, 6.07) is 5.08. The van der Waals surface area contributed by atoms with Crippen LogP contribution in [0.25, 0.3) is 0 Å². The van der Waals surface area contributed by atoms with E-state index in [2.05, 4.69) is 5.92 Å². The molecule has 3 heteroatoms. The van der Waals surface area contributed by atoms with Gasteiger partial charge in [0.15, 0.2) is 0 Å². The number of aliphatic hydroxyl groups excluding tert-OH is 1. The van der Waals surface area contributed by atoms with Crippen molar-refractivity contribution >= 4 is 23.2 Å². The molecule has 0 saturated heterocycles. The molecule has 15 heavy (non-hydrogen) atoms. The number of rotatable bonds is 4. The minimum absolute atomic E-state index is 0.496. The van der Waals surface area contributed by atoms with Crippen LogP contribution in [0.2, 0.25) is 10.0 Å². The Bertz CT molecular complexity index is 368. The molecule has 0 aromatic heterocycles. The van der Waals surface area contributed by atoms with Crippen molar-refractivity contribution in [3.8, 4) is 12.3 Å². The van der Waals surface area contributed by atoms with Crippen molar-refractivity contribution in [1.82, 2.24) is 0 Å². The van der Waals surface area contributed by atoms with E-state index < -0.39 is 6.10 Å². The summed E-state index contributed by atoms with van der Waals surface area (Å²) in [5.74, 6) is 2.53. The molecule has 0 saturated carbocycles. The average molecular weight is 243 g/mol. The predicted octanol–water partition coefficient (Wildman–Crippen LogP) is 3.83. The van der Waals surface area contributed by atoms with Gasteiger partial charge in [-0.3, -0.25) is 0 Å². The second-order valence-electron chi connectivity index (χ2n) is 3.28. The van der Waals surface area contributed by atoms with Crippen LogP contribution in [0.5, 0.6) is 0 Å². The normalized spacial score (nSPS) is 12.1. The van der Waals surface area contributed by atoms with Crippen molar-refractivity contribution in [3.63, 3.8) is 0 Å². The number of unbranched alkanes of at least 4 members (excludes halogenated alkanes) is 1. The maximum Gasteiger partial charge on any atom is 0.0804 e. The Kier molecular flexibility index (Phi) is 4.98. The van der Waals surface area contributed by atoms with Gasteiger partial charge in [-0.2, -0.15) is 0 Å². The highest BCUT2D eigenvalue weighted by molar-refractivity contribution is 6.35. The number of halogens is 2. The first kappa shape index (κ1) is 12.4. The van der Waals surface area contributed by atoms with Gasteiger partial charge in [0.05, 0.1) is 6.10 Å². The molecule has 0 fully saturated rings. The van der Waals surface area contributed by atoms with E-state index in [1.807, 2.05) is 0 Å². The first-order chi connectivity index (χ1) is 7.15. The maximum atomic E-state index is 9.82. The van der Waals surface area contributed by atoms with E-state index in [1.165, 1.54) is 0 Å². The van der Waals surface area contributed by atoms with Gasteiger partial charge >= 0.3 is 0 Å². The Hall–Kier alpha value is -0.680. The third-order valence-corrected chi connectivity index (χ3v) is 2.68. The average Bonchev–Trinajstić information content (AvgIpc) is 2.17. The molecular weight excluding hydrogens is 231 g/mol. The van der Waals surface area contributed by atoms with Crippen molar-refractivity contribution < 1.29 is 5.11 Å². The van der Waals surface area contributed by atoms with Gasteiger partial charge < -0.3 is 5.11 Å². The first-order valence-corrected chi connectivity index (χ1v) is 5.47. The highest BCUT2D eigenvalue weighted by Crippen LogP contribution is 2.28. The number of hydrogen-bond donors (Lipinski definition) is 1. The van der Waals surface area contributed by atoms with E-state index in [1.54, 1.807) is 18.2 Å². The van der Waals surface area contributed by atoms with Gasteiger partial charge in [-0.25, -0.2) is 0 Å². The van der Waals surface area contributed by atoms with E-state index in [4.69, 9.17) is 29.6 Å². The zero-order chi connectivity index (χ0) is 11.3. The number of aliphatic hydroxyl groups is 1. The second kappa shape index (κ2) is 6.02. The molecule has 0 bridgehead atoms. The first-order valence-electron chi connectivity index (χ1n) is 4.71. The fourth-order valence-corrected chi connectivity index (χ4v) is 1.86. The fourth-order valence-electron chi connectivity index (χ4n) is 1.32. The molecule has 1 unspecified atom stereocenters. The van der Waals surface area contributed by atoms with Crippen molar-refractivity contribution in [3.05, 3.63) is 33.8 Å². The number of hydrogen-bond acceptors (Lipinski definition) is 1. The van der Waals surface area contributed by atoms with E-state index >= 15 is 0 Å². The topological polar surface area (TPSA) is 20.2 Å². The Morgan fingerprint density at radius 1 is 1.40 bits per heavy atom. The monoisotopic (exact) mass is 242 g/mol. The Labute approximate surface area is 100 Å². The van der Waals surface area contributed by atoms with Crippen LogP contribution in [0.4, 0.5) is 0 Å². The summed E-state index contributed by atoms with van der Waals surface area (Å²) in [4.78, 5) is 0. The molecular formula is C12H12Cl2O. The van der Waals surface area contributed by atoms with Gasteiger partial charge in [0.1, 0.15) is 0 Å². The molecule has 0 heterocycles. The van der Waals surface area contributed by atoms with Crippen molar-refractivity contribution in [1.29, 1.82) is 0 Å². The van der Waals surface area contributed by atoms with Gasteiger partial charge in [-0.05, 0) is 30.5 Å². The largest absolute Gasteiger partial charge is 0.388 e. The van der Waals surface area contributed by atoms with Crippen LogP contribution in [0, 0.1) is 12.3 Å². The second-order valence-corrected chi connectivity index (χ2v) is 4.12. The molecule has 1 aromatic carbocycles. The zero-order valence-corrected chi connectivity index (χ0v) is 9.72. The predicted molar refractivity (Wildman–Crippen MR) is 64.1 cm³/mol. The fraction of sp³-hybridized carbons (Fsp3) is 0.333. The third-order valence-electron chi connectivity index (χ3n) is 2.12. The molecule has 0 radical (unpaired) electrons. The van der Waals surface area contributed by atoms with E-state index in [0.717, 1.165) is 6.42 Å². The van der Waals surface area contributed by atoms with Crippen LogP contribution in [0.15, 0.2) is 18.2 Å². The quantitative estimate of drug-likeness (QED) is 0.629. The summed E-state index contributed by atoms with van der Waals surface area (Å²) >= 11 is 11.7. The molecule has 0 aliphatic carbocycles. The van der Waals surface area contributed by atoms with Gasteiger partial charge in [0.2, 0.25) is 0 Å². The molecule has 0 amide bonds. The van der Waals surface area contributed by atoms with Gasteiger partial charge in [0.25, 0.3) is 0 Å². The molecule has 1 N–H and O–H groups in total. The lowest BCUT2D eigenvalue weighted by Crippen LogP contribution is -1.98. The Balaban J connectivity index is 2.66. The van der Waals surface area contributed by atoms with Crippen molar-refractivity contribution in [2.24, 2.45) is 0 Å². The van der Waals surface area contributed by atoms with Crippen LogP contribution in [0.3, 0.4) is 0 Å². The Morgan fingerprint density at radius 2 is 2.13 bits per heavy atom. The van der Waals surface area contributed by atoms with E-state index in [0.29, 0.717) is 28.5 Å². The summed E-state index contributed by atoms with van der Waals surface area (Å²) < 4.78 is 0. The van der Waals surface area contributed by atoms with Gasteiger partial charge in [-0.1, -0.05) is 29.3 Å². The standard InChI is InChI=1S/C12H12Cl2O/c1-2-3-4-5-12(15)10-7-6-9(13)8-11(10)14/h1,6-8,12,15H,3-5H2. The molecule has 1 aromatic rings. The van der Waals surface area contributed by atoms with Gasteiger partial charge in [0, 0.05) is 16.5 Å². The molecule has 80 valence electrons. The molecule has 1 atom stereocenters. The number of terminal acetylenes is 1. The molecule has 1 nitrogen and oxygen atoms in total. The third kappa shape index (κ3) is 3.76. The number of benzene rings is 1. The molecule has 1 rings (SSSR count). The smallest absolute Gasteiger partial charge is 0.0804 e. The molecule has 0 aliphatic heterocycles. The minimum atomic E-state index is -0.567. The Morgan fingerprint density at radius 3 is 2.73 bits per heavy atom. The van der Waals surface area contributed by atoms with Crippen LogP contribution in [-0.2, 0) is 0 Å². The van der Waals surface area contributed by atoms with Crippen molar-refractivity contribution in [2.75, 3.05) is 0 Å². The van der Waals surface area contributed by atoms with E-state index in [-0.39, 0.29) is 0 Å². The zero-order valence-electron chi connectivity index (χ0n) is 8.21. The summed E-state index contributed by atoms with van der Waals surface area (Å²) in [6.07, 6.45) is 6.64. The summed E-state index contributed by atoms with van der Waals surface area (Å²) in [5, 5.41) is 10.9. The van der Waals surface area contributed by atoms with Crippen molar-refractivity contribution in [2.45, 2.75) is 25.4 Å². The van der Waals surface area contributed by atoms with Crippen LogP contribution >= 0.6 is 23.2 Å². The van der Waals surface area contributed by atoms with Crippen LogP contribution in [0.1, 0.15) is 30.9 Å². The lowest BCUT2D eigenvalue weighted by molar-refractivity contribution is 0.165. The summed E-state index contributed by atoms with van der Waals surface area (Å²) in [7, 11) is 0. The SMILES string of the molecule is C#CCCCC(O)c1ccc(Cl)cc1Cl. The summed E-state index contributed by atoms with van der Waals surface area (Å²) in [5.41, 5.74) is 0.707. The lowest BCUT2D eigenvalue weighted by Gasteiger charge is -2.11. The minimum Gasteiger partial charge on any atom is -0.388 e. The molecule has 0 aliphatic rings. The lowest BCUT2D eigenvalue weighted by atomic mass is 10.0. The highest BCUT2D eigenvalue weighted by atomic mass is 35.5. The van der Waals surface area contributed by atoms with Gasteiger partial charge in [-0.15, -0.1) is 12.3 Å². The summed E-state index contributed by atoms with van der Waals surface area (Å²) in [6.45, 7) is 0. The molecule has 0 spiro atoms. The van der Waals surface area contributed by atoms with Crippen LogP contribution < -0.4 is 0 Å².